The second kappa shape index (κ2) is 6.04. The number of nitro groups is 1. The molecule has 0 aliphatic carbocycles. The van der Waals surface area contributed by atoms with Crippen LogP contribution < -0.4 is 10.0 Å². The Morgan fingerprint density at radius 3 is 2.60 bits per heavy atom. The third-order valence-electron chi connectivity index (χ3n) is 2.82. The number of nitrogens with zero attached hydrogens (tertiary/aromatic N) is 2. The molecule has 110 valence electrons. The van der Waals surface area contributed by atoms with Crippen LogP contribution in [0.2, 0.25) is 0 Å². The Labute approximate surface area is 124 Å². The van der Waals surface area contributed by atoms with Crippen LogP contribution in [0.15, 0.2) is 22.7 Å². The topological polar surface area (TPSA) is 105 Å². The van der Waals surface area contributed by atoms with Crippen molar-refractivity contribution < 1.29 is 13.3 Å². The minimum Gasteiger partial charge on any atom is -0.314 e. The van der Waals surface area contributed by atoms with Gasteiger partial charge in [0.1, 0.15) is 0 Å². The molecule has 0 bridgehead atoms. The molecule has 0 unspecified atom stereocenters. The molecule has 1 aliphatic heterocycles. The first-order valence-electron chi connectivity index (χ1n) is 5.83. The Hall–Kier alpha value is -1.23. The molecule has 0 spiro atoms. The third kappa shape index (κ3) is 3.45. The third-order valence-corrected chi connectivity index (χ3v) is 5.03. The Morgan fingerprint density at radius 1 is 1.35 bits per heavy atom. The van der Waals surface area contributed by atoms with E-state index >= 15 is 0 Å². The number of hydrogen-bond donors (Lipinski definition) is 2. The molecule has 1 saturated heterocycles. The van der Waals surface area contributed by atoms with Gasteiger partial charge in [-0.1, -0.05) is 0 Å². The Bertz CT molecular complexity index is 616. The van der Waals surface area contributed by atoms with E-state index in [4.69, 9.17) is 0 Å². The normalized spacial score (nSPS) is 16.9. The van der Waals surface area contributed by atoms with Gasteiger partial charge in [-0.15, -0.1) is 0 Å². The first-order chi connectivity index (χ1) is 9.40. The molecule has 1 fully saturated rings. The lowest BCUT2D eigenvalue weighted by Gasteiger charge is -2.27. The van der Waals surface area contributed by atoms with Crippen molar-refractivity contribution in [2.75, 3.05) is 30.9 Å². The number of piperazine rings is 1. The fourth-order valence-electron chi connectivity index (χ4n) is 1.79. The van der Waals surface area contributed by atoms with E-state index in [9.17, 15) is 18.5 Å². The number of halogens is 1. The van der Waals surface area contributed by atoms with E-state index in [2.05, 4.69) is 26.0 Å². The Balaban J connectivity index is 2.24. The van der Waals surface area contributed by atoms with Gasteiger partial charge in [-0.05, 0) is 22.0 Å². The van der Waals surface area contributed by atoms with Crippen LogP contribution in [0.5, 0.6) is 0 Å². The fourth-order valence-corrected chi connectivity index (χ4v) is 3.51. The molecule has 1 aromatic carbocycles. The molecule has 8 nitrogen and oxygen atoms in total. The number of nitro benzene ring substituents is 1. The Kier molecular flexibility index (Phi) is 4.58. The van der Waals surface area contributed by atoms with Crippen molar-refractivity contribution in [1.29, 1.82) is 0 Å². The lowest BCUT2D eigenvalue weighted by atomic mass is 10.3. The maximum absolute atomic E-state index is 12.2. The number of benzene rings is 1. The summed E-state index contributed by atoms with van der Waals surface area (Å²) in [7, 11) is -3.71. The summed E-state index contributed by atoms with van der Waals surface area (Å²) in [5.41, 5.74) is -0.0241. The highest BCUT2D eigenvalue weighted by atomic mass is 79.9. The van der Waals surface area contributed by atoms with E-state index < -0.39 is 15.1 Å². The lowest BCUT2D eigenvalue weighted by Crippen LogP contribution is -2.48. The van der Waals surface area contributed by atoms with Gasteiger partial charge in [0.2, 0.25) is 0 Å². The van der Waals surface area contributed by atoms with E-state index in [1.165, 1.54) is 22.5 Å². The molecular formula is C10H13BrN4O4S. The summed E-state index contributed by atoms with van der Waals surface area (Å²) in [5.74, 6) is 0. The largest absolute Gasteiger partial charge is 0.314 e. The van der Waals surface area contributed by atoms with Gasteiger partial charge in [0, 0.05) is 42.8 Å². The molecule has 1 heterocycles. The Morgan fingerprint density at radius 2 is 2.00 bits per heavy atom. The molecular weight excluding hydrogens is 352 g/mol. The number of non-ortho nitro benzene ring substituents is 1. The maximum atomic E-state index is 12.2. The predicted octanol–water partition coefficient (Wildman–Crippen LogP) is 0.919. The van der Waals surface area contributed by atoms with Crippen LogP contribution >= 0.6 is 15.9 Å². The highest BCUT2D eigenvalue weighted by Crippen LogP contribution is 2.28. The zero-order valence-electron chi connectivity index (χ0n) is 10.4. The molecule has 0 saturated carbocycles. The van der Waals surface area contributed by atoms with Crippen molar-refractivity contribution in [2.45, 2.75) is 0 Å². The van der Waals surface area contributed by atoms with Gasteiger partial charge >= 0.3 is 10.2 Å². The summed E-state index contributed by atoms with van der Waals surface area (Å²) in [6.07, 6.45) is 0. The quantitative estimate of drug-likeness (QED) is 0.610. The molecule has 0 amide bonds. The molecule has 0 atom stereocenters. The predicted molar refractivity (Wildman–Crippen MR) is 77.8 cm³/mol. The van der Waals surface area contributed by atoms with Gasteiger partial charge in [-0.2, -0.15) is 12.7 Å². The molecule has 1 aromatic rings. The van der Waals surface area contributed by atoms with E-state index in [1.54, 1.807) is 0 Å². The highest BCUT2D eigenvalue weighted by molar-refractivity contribution is 9.10. The van der Waals surface area contributed by atoms with Gasteiger partial charge < -0.3 is 5.32 Å². The van der Waals surface area contributed by atoms with Crippen molar-refractivity contribution >= 4 is 37.5 Å². The zero-order valence-corrected chi connectivity index (χ0v) is 12.8. The molecule has 0 radical (unpaired) electrons. The zero-order chi connectivity index (χ0) is 14.8. The first kappa shape index (κ1) is 15.2. The van der Waals surface area contributed by atoms with Gasteiger partial charge in [0.15, 0.2) is 0 Å². The van der Waals surface area contributed by atoms with Crippen LogP contribution in [0.4, 0.5) is 11.4 Å². The molecule has 20 heavy (non-hydrogen) atoms. The summed E-state index contributed by atoms with van der Waals surface area (Å²) < 4.78 is 28.5. The summed E-state index contributed by atoms with van der Waals surface area (Å²) in [5, 5.41) is 13.8. The molecule has 2 rings (SSSR count). The summed E-state index contributed by atoms with van der Waals surface area (Å²) in [6, 6.07) is 3.92. The van der Waals surface area contributed by atoms with Crippen LogP contribution in [-0.4, -0.2) is 43.8 Å². The van der Waals surface area contributed by atoms with E-state index in [0.29, 0.717) is 30.7 Å². The van der Waals surface area contributed by atoms with Crippen LogP contribution in [0.25, 0.3) is 0 Å². The van der Waals surface area contributed by atoms with E-state index in [0.717, 1.165) is 0 Å². The van der Waals surface area contributed by atoms with Gasteiger partial charge in [-0.25, -0.2) is 0 Å². The second-order valence-corrected chi connectivity index (χ2v) is 6.70. The van der Waals surface area contributed by atoms with Crippen LogP contribution in [0, 0.1) is 10.1 Å². The van der Waals surface area contributed by atoms with Crippen LogP contribution in [-0.2, 0) is 10.2 Å². The number of hydrogen-bond acceptors (Lipinski definition) is 5. The van der Waals surface area contributed by atoms with Crippen LogP contribution in [0.1, 0.15) is 0 Å². The number of nitrogens with one attached hydrogen (secondary N) is 2. The molecule has 10 heteroatoms. The summed E-state index contributed by atoms with van der Waals surface area (Å²) in [6.45, 7) is 1.89. The number of anilines is 1. The number of rotatable bonds is 4. The van der Waals surface area contributed by atoms with Crippen molar-refractivity contribution in [3.63, 3.8) is 0 Å². The van der Waals surface area contributed by atoms with Crippen molar-refractivity contribution in [3.05, 3.63) is 32.8 Å². The monoisotopic (exact) mass is 364 g/mol. The second-order valence-electron chi connectivity index (χ2n) is 4.18. The van der Waals surface area contributed by atoms with Gasteiger partial charge in [-0.3, -0.25) is 14.8 Å². The minimum absolute atomic E-state index is 0.151. The van der Waals surface area contributed by atoms with E-state index in [-0.39, 0.29) is 11.4 Å². The average Bonchev–Trinajstić information content (AvgIpc) is 2.42. The van der Waals surface area contributed by atoms with Crippen molar-refractivity contribution in [1.82, 2.24) is 9.62 Å². The fraction of sp³-hybridized carbons (Fsp3) is 0.400. The minimum atomic E-state index is -3.71. The average molecular weight is 365 g/mol. The van der Waals surface area contributed by atoms with Crippen molar-refractivity contribution in [2.24, 2.45) is 0 Å². The standard InChI is InChI=1S/C10H13BrN4O4S/c11-9-2-1-8(15(16)17)7-10(9)13-20(18,19)14-5-3-12-4-6-14/h1-2,7,12-13H,3-6H2. The molecule has 1 aliphatic rings. The lowest BCUT2D eigenvalue weighted by molar-refractivity contribution is -0.384. The van der Waals surface area contributed by atoms with Crippen LogP contribution in [0.3, 0.4) is 0 Å². The smallest absolute Gasteiger partial charge is 0.301 e. The maximum Gasteiger partial charge on any atom is 0.301 e. The SMILES string of the molecule is O=[N+]([O-])c1ccc(Br)c(NS(=O)(=O)N2CCNCC2)c1. The highest BCUT2D eigenvalue weighted by Gasteiger charge is 2.24. The van der Waals surface area contributed by atoms with Gasteiger partial charge in [0.05, 0.1) is 10.6 Å². The summed E-state index contributed by atoms with van der Waals surface area (Å²) in [4.78, 5) is 10.2. The van der Waals surface area contributed by atoms with E-state index in [1.807, 2.05) is 0 Å². The first-order valence-corrected chi connectivity index (χ1v) is 8.06. The van der Waals surface area contributed by atoms with Gasteiger partial charge in [0.25, 0.3) is 5.69 Å². The van der Waals surface area contributed by atoms with Crippen molar-refractivity contribution in [3.8, 4) is 0 Å². The summed E-state index contributed by atoms with van der Waals surface area (Å²) >= 11 is 3.18. The molecule has 2 N–H and O–H groups in total. The molecule has 0 aromatic heterocycles.